The predicted molar refractivity (Wildman–Crippen MR) is 461 cm³/mol. The predicted octanol–water partition coefficient (Wildman–Crippen LogP) is -7.42. The number of benzene rings is 2. The van der Waals surface area contributed by atoms with E-state index < -0.39 is 235 Å². The molecule has 1 fully saturated rings. The monoisotopic (exact) mass is 1800 g/mol. The number of rotatable bonds is 57. The summed E-state index contributed by atoms with van der Waals surface area (Å²) < 4.78 is 0. The molecule has 1 aliphatic rings. The number of primary amides is 2. The Morgan fingerprint density at radius 2 is 0.992 bits per heavy atom. The summed E-state index contributed by atoms with van der Waals surface area (Å²) in [5.74, 6) is -19.5. The summed E-state index contributed by atoms with van der Waals surface area (Å²) in [5, 5.41) is 85.3. The van der Waals surface area contributed by atoms with Crippen molar-refractivity contribution in [2.24, 2.45) is 40.5 Å². The minimum absolute atomic E-state index is 0.00477. The van der Waals surface area contributed by atoms with Gasteiger partial charge in [-0.05, 0) is 126 Å². The number of likely N-dealkylation sites (tertiary alicyclic amines) is 1. The van der Waals surface area contributed by atoms with Gasteiger partial charge < -0.3 is 139 Å². The minimum atomic E-state index is -1.87. The molecule has 0 saturated carbocycles. The number of guanidine groups is 2. The van der Waals surface area contributed by atoms with E-state index in [4.69, 9.17) is 39.5 Å². The number of aliphatic carboxylic acids is 1. The highest BCUT2D eigenvalue weighted by atomic mass is 16.4. The molecule has 14 atom stereocenters. The molecule has 706 valence electrons. The van der Waals surface area contributed by atoms with E-state index in [0.29, 0.717) is 30.4 Å². The number of imidazole rings is 1. The van der Waals surface area contributed by atoms with Crippen molar-refractivity contribution in [3.05, 3.63) is 83.9 Å². The van der Waals surface area contributed by atoms with Crippen molar-refractivity contribution in [2.45, 2.75) is 242 Å². The van der Waals surface area contributed by atoms with Gasteiger partial charge in [-0.15, -0.1) is 0 Å². The molecule has 1 aromatic heterocycles. The number of carbonyl (C=O) groups excluding carboxylic acids is 17. The van der Waals surface area contributed by atoms with E-state index in [1.54, 1.807) is 58.0 Å². The van der Waals surface area contributed by atoms with E-state index >= 15 is 0 Å². The zero-order chi connectivity index (χ0) is 95.4. The summed E-state index contributed by atoms with van der Waals surface area (Å²) in [6.45, 7) is 8.89. The molecular formula is C81H126N26O21. The highest BCUT2D eigenvalue weighted by Crippen LogP contribution is 2.21. The van der Waals surface area contributed by atoms with E-state index in [2.05, 4.69) is 95.0 Å². The fourth-order valence-electron chi connectivity index (χ4n) is 13.4. The standard InChI is InChI=1S/C81H126N26O21/c1-8-50(69(118)104-58(37-62(83)111)75(124)102-56(34-47-23-25-49(110)26-24-47)76(125)106-65(43(4)5)78(127)105-59(35-46-17-10-9-11-18-46)79(128)107-32-16-22-61(107)66(84)115)97-77(126)60(40-108)96-63(112)39-92-68(117)57(36-48-38-89-41-93-48)103-72(121)53(21-15-31-91-81(87)88)98-67(116)44(6)94-70(119)52(19-12-13-29-82)99-73(122)54(27-28-64(113)114)100-74(123)55(33-42(2)3)101-71(120)51(95-45(7)109)20-14-30-90-80(85)86/h9-11,17-18,23-26,38,41-44,50-61,65,108,110H,8,12-16,19-22,27-37,39-40,82H2,1-7H3,(H2,83,111)(H2,84,115)(H,89,93)(H,92,117)(H,94,119)(H,95,109)(H,96,112)(H,97,126)(H,98,116)(H,99,122)(H,100,123)(H,101,120)(H,102,124)(H,103,121)(H,104,118)(H,105,127)(H,106,125)(H,113,114)(H4,85,86,90)(H4,87,88,91)/t44-,50?,51-,52-,53-,54-,55-,56-,57-,58-,59-,60-,61-,65-/m0/s1. The van der Waals surface area contributed by atoms with Gasteiger partial charge in [0, 0.05) is 58.4 Å². The molecule has 32 N–H and O–H groups in total. The quantitative estimate of drug-likeness (QED) is 0.0142. The number of aromatic nitrogens is 2. The fourth-order valence-corrected chi connectivity index (χ4v) is 13.4. The number of aliphatic hydroxyl groups is 1. The average molecular weight is 1800 g/mol. The highest BCUT2D eigenvalue weighted by Gasteiger charge is 2.41. The molecule has 2 heterocycles. The lowest BCUT2D eigenvalue weighted by molar-refractivity contribution is -0.141. The number of nitrogens with zero attached hydrogens (tertiary/aromatic N) is 2. The topological polar surface area (TPSA) is 770 Å². The smallest absolute Gasteiger partial charge is 0.303 e. The van der Waals surface area contributed by atoms with Crippen molar-refractivity contribution >= 4 is 118 Å². The van der Waals surface area contributed by atoms with Crippen LogP contribution in [0.1, 0.15) is 155 Å². The zero-order valence-corrected chi connectivity index (χ0v) is 72.8. The number of nitrogens with one attached hydrogen (secondary N) is 19. The summed E-state index contributed by atoms with van der Waals surface area (Å²) in [7, 11) is 0. The van der Waals surface area contributed by atoms with Crippen molar-refractivity contribution in [3.63, 3.8) is 0 Å². The number of aliphatic hydroxyl groups excluding tert-OH is 1. The summed E-state index contributed by atoms with van der Waals surface area (Å²) in [5.41, 5.74) is 29.1. The second-order valence-electron chi connectivity index (χ2n) is 31.6. The van der Waals surface area contributed by atoms with Crippen molar-refractivity contribution in [1.29, 1.82) is 10.8 Å². The molecule has 1 saturated heterocycles. The van der Waals surface area contributed by atoms with Gasteiger partial charge in [0.25, 0.3) is 0 Å². The normalized spacial score (nSPS) is 15.3. The van der Waals surface area contributed by atoms with Gasteiger partial charge in [-0.2, -0.15) is 0 Å². The van der Waals surface area contributed by atoms with Crippen LogP contribution >= 0.6 is 0 Å². The molecule has 17 amide bonds. The van der Waals surface area contributed by atoms with Crippen LogP contribution in [0, 0.1) is 22.7 Å². The number of phenolic OH excluding ortho intramolecular Hbond substituents is 1. The number of hydrogen-bond acceptors (Lipinski definition) is 24. The Bertz CT molecular complexity index is 4290. The van der Waals surface area contributed by atoms with Gasteiger partial charge in [0.05, 0.1) is 31.6 Å². The second-order valence-corrected chi connectivity index (χ2v) is 31.6. The Balaban J connectivity index is 1.50. The van der Waals surface area contributed by atoms with Gasteiger partial charge in [0.15, 0.2) is 11.9 Å². The second kappa shape index (κ2) is 55.0. The number of amides is 17. The first-order chi connectivity index (χ1) is 60.5. The van der Waals surface area contributed by atoms with Gasteiger partial charge in [-0.3, -0.25) is 97.1 Å². The Kier molecular flexibility index (Phi) is 45.8. The Labute approximate surface area is 739 Å². The van der Waals surface area contributed by atoms with Crippen molar-refractivity contribution in [1.82, 2.24) is 99.9 Å². The number of unbranched alkanes of at least 4 members (excludes halogenated alkanes) is 1. The first-order valence-corrected chi connectivity index (χ1v) is 42.1. The number of hydrogen-bond donors (Lipinski definition) is 27. The van der Waals surface area contributed by atoms with Crippen LogP contribution in [-0.4, -0.2) is 272 Å². The van der Waals surface area contributed by atoms with E-state index in [1.807, 2.05) is 0 Å². The maximum Gasteiger partial charge on any atom is 0.303 e. The molecule has 47 heteroatoms. The molecule has 0 bridgehead atoms. The molecule has 0 spiro atoms. The number of aromatic amines is 1. The molecule has 0 aliphatic carbocycles. The van der Waals surface area contributed by atoms with E-state index in [-0.39, 0.29) is 120 Å². The molecule has 2 aromatic carbocycles. The van der Waals surface area contributed by atoms with Crippen LogP contribution in [0.5, 0.6) is 5.75 Å². The third-order valence-electron chi connectivity index (χ3n) is 20.2. The van der Waals surface area contributed by atoms with Crippen molar-refractivity contribution in [2.75, 3.05) is 39.3 Å². The van der Waals surface area contributed by atoms with E-state index in [9.17, 15) is 102 Å². The van der Waals surface area contributed by atoms with Crippen LogP contribution in [0.4, 0.5) is 0 Å². The SMILES string of the molecule is CCC(NC(=O)[C@H](CO)NC(=O)CNC(=O)[C@H](Cc1c[nH]cn1)NC(=O)[C@H](CCCNC(=N)N)NC(=O)[C@H](C)NC(=O)[C@H](CCCCN)NC(=O)[C@H](CCC(=O)O)NC(=O)[C@H](CC(C)C)NC(=O)[C@H](CCCNC(=N)N)NC(C)=O)C(=O)N[C@@H](CC(N)=O)C(=O)N[C@@H](Cc1ccc(O)cc1)C(=O)N[C@H](C(=O)N[C@@H](Cc1ccccc1)C(=O)N1CCC[C@H]1C(N)=O)C(C)C. The summed E-state index contributed by atoms with van der Waals surface area (Å²) in [6.07, 6.45) is 0.844. The average Bonchev–Trinajstić information content (AvgIpc) is 1.67. The summed E-state index contributed by atoms with van der Waals surface area (Å²) in [6, 6.07) is -6.73. The zero-order valence-electron chi connectivity index (χ0n) is 72.8. The molecule has 1 unspecified atom stereocenters. The Morgan fingerprint density at radius 1 is 0.516 bits per heavy atom. The van der Waals surface area contributed by atoms with E-state index in [0.717, 1.165) is 0 Å². The molecular weight excluding hydrogens is 1670 g/mol. The lowest BCUT2D eigenvalue weighted by Gasteiger charge is -2.31. The Morgan fingerprint density at radius 3 is 1.52 bits per heavy atom. The number of H-pyrrole nitrogens is 1. The maximum atomic E-state index is 14.6. The number of carboxylic acid groups (broad SMARTS) is 1. The third-order valence-corrected chi connectivity index (χ3v) is 20.2. The van der Waals surface area contributed by atoms with Crippen LogP contribution < -0.4 is 114 Å². The first-order valence-electron chi connectivity index (χ1n) is 42.1. The largest absolute Gasteiger partial charge is 0.508 e. The number of carboxylic acids is 1. The molecule has 4 rings (SSSR count). The van der Waals surface area contributed by atoms with Gasteiger partial charge in [0.2, 0.25) is 100 Å². The minimum Gasteiger partial charge on any atom is -0.508 e. The van der Waals surface area contributed by atoms with E-state index in [1.165, 1.54) is 62.5 Å². The number of aromatic hydroxyl groups is 1. The summed E-state index contributed by atoms with van der Waals surface area (Å²) in [4.78, 5) is 255. The van der Waals surface area contributed by atoms with Crippen LogP contribution in [0.2, 0.25) is 0 Å². The van der Waals surface area contributed by atoms with Crippen LogP contribution in [0.3, 0.4) is 0 Å². The molecule has 47 nitrogen and oxygen atoms in total. The fraction of sp³-hybridized carbons (Fsp3) is 0.568. The van der Waals surface area contributed by atoms with Gasteiger partial charge in [-0.25, -0.2) is 4.98 Å². The molecule has 128 heavy (non-hydrogen) atoms. The summed E-state index contributed by atoms with van der Waals surface area (Å²) >= 11 is 0. The maximum absolute atomic E-state index is 14.6. The molecule has 0 radical (unpaired) electrons. The van der Waals surface area contributed by atoms with Crippen LogP contribution in [0.15, 0.2) is 67.1 Å². The van der Waals surface area contributed by atoms with Gasteiger partial charge in [-0.1, -0.05) is 77.1 Å². The number of carbonyl (C=O) groups is 18. The van der Waals surface area contributed by atoms with Crippen molar-refractivity contribution < 1.29 is 102 Å². The number of nitrogens with two attached hydrogens (primary N) is 5. The Hall–Kier alpha value is -13.6. The molecule has 1 aliphatic heterocycles. The van der Waals surface area contributed by atoms with Crippen LogP contribution in [0.25, 0.3) is 0 Å². The number of phenols is 1. The first kappa shape index (κ1) is 107. The van der Waals surface area contributed by atoms with Gasteiger partial charge in [0.1, 0.15) is 90.3 Å². The third kappa shape index (κ3) is 38.5. The lowest BCUT2D eigenvalue weighted by Crippen LogP contribution is -2.61. The molecule has 3 aromatic rings. The van der Waals surface area contributed by atoms with Crippen molar-refractivity contribution in [3.8, 4) is 5.75 Å². The van der Waals surface area contributed by atoms with Gasteiger partial charge >= 0.3 is 5.97 Å². The highest BCUT2D eigenvalue weighted by molar-refractivity contribution is 6.01. The lowest BCUT2D eigenvalue weighted by atomic mass is 9.99. The van der Waals surface area contributed by atoms with Crippen LogP contribution in [-0.2, 0) is 106 Å².